The molecule has 2 N–H and O–H groups in total. The maximum Gasteiger partial charge on any atom is 0.176 e. The van der Waals surface area contributed by atoms with Crippen LogP contribution in [-0.2, 0) is 13.0 Å². The van der Waals surface area contributed by atoms with Crippen LogP contribution in [-0.4, -0.2) is 23.6 Å². The Labute approximate surface area is 117 Å². The van der Waals surface area contributed by atoms with Crippen LogP contribution in [0.2, 0.25) is 0 Å². The molecule has 0 aliphatic rings. The van der Waals surface area contributed by atoms with Crippen molar-refractivity contribution in [3.05, 3.63) is 48.2 Å². The summed E-state index contributed by atoms with van der Waals surface area (Å²) in [6.07, 6.45) is 4.46. The first-order valence-electron chi connectivity index (χ1n) is 6.60. The van der Waals surface area contributed by atoms with Gasteiger partial charge in [-0.3, -0.25) is 0 Å². The van der Waals surface area contributed by atoms with Crippen LogP contribution >= 0.6 is 0 Å². The number of nitrogens with zero attached hydrogens (tertiary/aromatic N) is 1. The number of rotatable bonds is 6. The van der Waals surface area contributed by atoms with Gasteiger partial charge in [0.05, 0.1) is 20.0 Å². The van der Waals surface area contributed by atoms with E-state index in [0.717, 1.165) is 41.1 Å². The lowest BCUT2D eigenvalue weighted by Gasteiger charge is -2.01. The third kappa shape index (κ3) is 2.67. The first kappa shape index (κ1) is 12.7. The number of nitrogens with one attached hydrogen (secondary N) is 2. The highest BCUT2D eigenvalue weighted by molar-refractivity contribution is 5.83. The van der Waals surface area contributed by atoms with E-state index in [1.54, 1.807) is 13.4 Å². The van der Waals surface area contributed by atoms with Crippen molar-refractivity contribution in [2.75, 3.05) is 13.7 Å². The third-order valence-corrected chi connectivity index (χ3v) is 3.20. The number of hydrogen-bond donors (Lipinski definition) is 2. The Morgan fingerprint density at radius 1 is 1.40 bits per heavy atom. The number of H-pyrrole nitrogens is 1. The minimum absolute atomic E-state index is 0.700. The molecule has 2 aromatic heterocycles. The van der Waals surface area contributed by atoms with Crippen LogP contribution in [0.4, 0.5) is 0 Å². The molecule has 5 nitrogen and oxygen atoms in total. The fraction of sp³-hybridized carbons (Fsp3) is 0.267. The van der Waals surface area contributed by atoms with E-state index in [4.69, 9.17) is 9.15 Å². The summed E-state index contributed by atoms with van der Waals surface area (Å²) >= 11 is 0. The van der Waals surface area contributed by atoms with E-state index < -0.39 is 0 Å². The quantitative estimate of drug-likeness (QED) is 0.676. The summed E-state index contributed by atoms with van der Waals surface area (Å²) in [7, 11) is 1.65. The van der Waals surface area contributed by atoms with Crippen LogP contribution in [0.25, 0.3) is 11.0 Å². The lowest BCUT2D eigenvalue weighted by molar-refractivity contribution is 0.406. The molecule has 104 valence electrons. The molecular weight excluding hydrogens is 254 g/mol. The van der Waals surface area contributed by atoms with Gasteiger partial charge in [0.15, 0.2) is 11.3 Å². The van der Waals surface area contributed by atoms with E-state index >= 15 is 0 Å². The maximum absolute atomic E-state index is 5.82. The van der Waals surface area contributed by atoms with E-state index in [0.29, 0.717) is 6.54 Å². The molecule has 0 saturated heterocycles. The SMILES string of the molecule is COc1cccc2cc(CNCCc3cnc[nH]3)oc12. The van der Waals surface area contributed by atoms with Crippen LogP contribution in [0.3, 0.4) is 0 Å². The van der Waals surface area contributed by atoms with Crippen LogP contribution in [0.15, 0.2) is 41.2 Å². The molecule has 20 heavy (non-hydrogen) atoms. The first-order valence-corrected chi connectivity index (χ1v) is 6.60. The topological polar surface area (TPSA) is 63.1 Å². The number of furan rings is 1. The van der Waals surface area contributed by atoms with Crippen molar-refractivity contribution in [2.24, 2.45) is 0 Å². The first-order chi connectivity index (χ1) is 9.86. The minimum atomic E-state index is 0.700. The molecule has 3 aromatic rings. The van der Waals surface area contributed by atoms with Gasteiger partial charge in [-0.25, -0.2) is 4.98 Å². The summed E-state index contributed by atoms with van der Waals surface area (Å²) in [4.78, 5) is 7.07. The summed E-state index contributed by atoms with van der Waals surface area (Å²) in [6, 6.07) is 7.93. The van der Waals surface area contributed by atoms with Gasteiger partial charge in [0, 0.05) is 30.2 Å². The Balaban J connectivity index is 1.60. The standard InChI is InChI=1S/C15H17N3O2/c1-19-14-4-2-3-11-7-13(20-15(11)14)9-16-6-5-12-8-17-10-18-12/h2-4,7-8,10,16H,5-6,9H2,1H3,(H,17,18). The second-order valence-electron chi connectivity index (χ2n) is 4.59. The molecule has 0 aliphatic heterocycles. The fourth-order valence-corrected chi connectivity index (χ4v) is 2.19. The Hall–Kier alpha value is -2.27. The van der Waals surface area contributed by atoms with Gasteiger partial charge in [0.2, 0.25) is 0 Å². The molecule has 0 unspecified atom stereocenters. The summed E-state index contributed by atoms with van der Waals surface area (Å²) in [6.45, 7) is 1.57. The molecule has 0 fully saturated rings. The predicted octanol–water partition coefficient (Wildman–Crippen LogP) is 2.50. The minimum Gasteiger partial charge on any atom is -0.493 e. The van der Waals surface area contributed by atoms with E-state index in [1.165, 1.54) is 0 Å². The highest BCUT2D eigenvalue weighted by Gasteiger charge is 2.07. The zero-order chi connectivity index (χ0) is 13.8. The Morgan fingerprint density at radius 3 is 3.15 bits per heavy atom. The second kappa shape index (κ2) is 5.79. The normalized spacial score (nSPS) is 11.1. The number of aromatic amines is 1. The number of imidazole rings is 1. The van der Waals surface area contributed by atoms with Crippen molar-refractivity contribution in [3.63, 3.8) is 0 Å². The van der Waals surface area contributed by atoms with E-state index in [-0.39, 0.29) is 0 Å². The molecule has 5 heteroatoms. The van der Waals surface area contributed by atoms with Crippen LogP contribution in [0, 0.1) is 0 Å². The Morgan fingerprint density at radius 2 is 2.35 bits per heavy atom. The summed E-state index contributed by atoms with van der Waals surface area (Å²) in [5.41, 5.74) is 1.93. The second-order valence-corrected chi connectivity index (χ2v) is 4.59. The monoisotopic (exact) mass is 271 g/mol. The smallest absolute Gasteiger partial charge is 0.176 e. The number of methoxy groups -OCH3 is 1. The van der Waals surface area contributed by atoms with E-state index in [2.05, 4.69) is 15.3 Å². The van der Waals surface area contributed by atoms with Gasteiger partial charge in [-0.05, 0) is 12.1 Å². The van der Waals surface area contributed by atoms with Crippen molar-refractivity contribution in [1.82, 2.24) is 15.3 Å². The maximum atomic E-state index is 5.82. The van der Waals surface area contributed by atoms with Gasteiger partial charge < -0.3 is 19.5 Å². The molecule has 0 radical (unpaired) electrons. The van der Waals surface area contributed by atoms with Crippen LogP contribution < -0.4 is 10.1 Å². The third-order valence-electron chi connectivity index (χ3n) is 3.20. The number of aromatic nitrogens is 2. The Kier molecular flexibility index (Phi) is 3.69. The molecular formula is C15H17N3O2. The molecule has 0 saturated carbocycles. The average Bonchev–Trinajstić information content (AvgIpc) is 3.11. The molecule has 0 bridgehead atoms. The summed E-state index contributed by atoms with van der Waals surface area (Å²) in [5.74, 6) is 1.68. The van der Waals surface area contributed by atoms with Crippen LogP contribution in [0.1, 0.15) is 11.5 Å². The van der Waals surface area contributed by atoms with Crippen molar-refractivity contribution < 1.29 is 9.15 Å². The fourth-order valence-electron chi connectivity index (χ4n) is 2.19. The molecule has 0 amide bonds. The van der Waals surface area contributed by atoms with Gasteiger partial charge >= 0.3 is 0 Å². The highest BCUT2D eigenvalue weighted by Crippen LogP contribution is 2.28. The van der Waals surface area contributed by atoms with Gasteiger partial charge in [0.1, 0.15) is 5.76 Å². The molecule has 0 spiro atoms. The number of para-hydroxylation sites is 1. The number of benzene rings is 1. The summed E-state index contributed by atoms with van der Waals surface area (Å²) in [5, 5.41) is 4.42. The van der Waals surface area contributed by atoms with E-state index in [1.807, 2.05) is 30.5 Å². The molecule has 1 aromatic carbocycles. The van der Waals surface area contributed by atoms with Gasteiger partial charge in [-0.15, -0.1) is 0 Å². The average molecular weight is 271 g/mol. The zero-order valence-corrected chi connectivity index (χ0v) is 11.3. The van der Waals surface area contributed by atoms with Crippen LogP contribution in [0.5, 0.6) is 5.75 Å². The van der Waals surface area contributed by atoms with Gasteiger partial charge in [0.25, 0.3) is 0 Å². The highest BCUT2D eigenvalue weighted by atomic mass is 16.5. The lowest BCUT2D eigenvalue weighted by atomic mass is 10.2. The predicted molar refractivity (Wildman–Crippen MR) is 76.8 cm³/mol. The zero-order valence-electron chi connectivity index (χ0n) is 11.3. The lowest BCUT2D eigenvalue weighted by Crippen LogP contribution is -2.16. The molecule has 0 aliphatic carbocycles. The van der Waals surface area contributed by atoms with E-state index in [9.17, 15) is 0 Å². The Bertz CT molecular complexity index is 674. The largest absolute Gasteiger partial charge is 0.493 e. The van der Waals surface area contributed by atoms with Crippen molar-refractivity contribution in [2.45, 2.75) is 13.0 Å². The van der Waals surface area contributed by atoms with Gasteiger partial charge in [-0.2, -0.15) is 0 Å². The number of ether oxygens (including phenoxy) is 1. The van der Waals surface area contributed by atoms with Crippen molar-refractivity contribution in [1.29, 1.82) is 0 Å². The molecule has 3 rings (SSSR count). The van der Waals surface area contributed by atoms with Gasteiger partial charge in [-0.1, -0.05) is 12.1 Å². The van der Waals surface area contributed by atoms with Crippen molar-refractivity contribution >= 4 is 11.0 Å². The number of fused-ring (bicyclic) bond motifs is 1. The number of hydrogen-bond acceptors (Lipinski definition) is 4. The molecule has 2 heterocycles. The van der Waals surface area contributed by atoms with Crippen molar-refractivity contribution in [3.8, 4) is 5.75 Å². The summed E-state index contributed by atoms with van der Waals surface area (Å²) < 4.78 is 11.1. The molecule has 0 atom stereocenters.